The lowest BCUT2D eigenvalue weighted by atomic mass is 10.2. The SMILES string of the molecule is F[C+](F)c1ccccc1. The van der Waals surface area contributed by atoms with Gasteiger partial charge in [0.1, 0.15) is 0 Å². The fourth-order valence-electron chi connectivity index (χ4n) is 0.564. The van der Waals surface area contributed by atoms with Crippen LogP contribution in [0.2, 0.25) is 0 Å². The summed E-state index contributed by atoms with van der Waals surface area (Å²) in [5.74, 6) is 0. The van der Waals surface area contributed by atoms with E-state index in [0.717, 1.165) is 0 Å². The zero-order valence-corrected chi connectivity index (χ0v) is 4.64. The Kier molecular flexibility index (Phi) is 1.68. The molecule has 0 aromatic heterocycles. The van der Waals surface area contributed by atoms with E-state index in [1.807, 2.05) is 0 Å². The molecule has 0 N–H and O–H groups in total. The van der Waals surface area contributed by atoms with Gasteiger partial charge < -0.3 is 0 Å². The van der Waals surface area contributed by atoms with Crippen molar-refractivity contribution in [3.05, 3.63) is 42.3 Å². The van der Waals surface area contributed by atoms with Gasteiger partial charge in [0.15, 0.2) is 0 Å². The van der Waals surface area contributed by atoms with E-state index in [2.05, 4.69) is 0 Å². The van der Waals surface area contributed by atoms with Crippen LogP contribution in [0, 0.1) is 6.43 Å². The predicted octanol–water partition coefficient (Wildman–Crippen LogP) is 2.46. The number of halogens is 2. The van der Waals surface area contributed by atoms with Gasteiger partial charge in [-0.15, -0.1) is 0 Å². The molecule has 1 rings (SSSR count). The monoisotopic (exact) mass is 127 g/mol. The number of hydrogen-bond acceptors (Lipinski definition) is 0. The van der Waals surface area contributed by atoms with Crippen LogP contribution in [0.4, 0.5) is 8.78 Å². The lowest BCUT2D eigenvalue weighted by Gasteiger charge is -1.82. The molecule has 1 aromatic carbocycles. The molecule has 0 saturated carbocycles. The highest BCUT2D eigenvalue weighted by Crippen LogP contribution is 2.15. The second-order valence-electron chi connectivity index (χ2n) is 1.63. The molecule has 0 bridgehead atoms. The van der Waals surface area contributed by atoms with Crippen molar-refractivity contribution < 1.29 is 8.78 Å². The maximum absolute atomic E-state index is 11.7. The molecule has 0 heterocycles. The summed E-state index contributed by atoms with van der Waals surface area (Å²) in [6, 6.07) is 7.60. The van der Waals surface area contributed by atoms with Crippen LogP contribution >= 0.6 is 0 Å². The Morgan fingerprint density at radius 1 is 1.00 bits per heavy atom. The Hall–Kier alpha value is -1.05. The minimum Gasteiger partial charge on any atom is -0.0914 e. The van der Waals surface area contributed by atoms with Crippen LogP contribution in [0.1, 0.15) is 5.56 Å². The van der Waals surface area contributed by atoms with Gasteiger partial charge in [0.25, 0.3) is 0 Å². The lowest BCUT2D eigenvalue weighted by Crippen LogP contribution is -1.80. The molecule has 2 heteroatoms. The molecule has 9 heavy (non-hydrogen) atoms. The smallest absolute Gasteiger partial charge is 0.0914 e. The summed E-state index contributed by atoms with van der Waals surface area (Å²) in [4.78, 5) is 0. The fraction of sp³-hybridized carbons (Fsp3) is 0. The van der Waals surface area contributed by atoms with E-state index in [9.17, 15) is 8.78 Å². The molecule has 1 aromatic rings. The highest BCUT2D eigenvalue weighted by atomic mass is 19.3. The lowest BCUT2D eigenvalue weighted by molar-refractivity contribution is 0.325. The third kappa shape index (κ3) is 1.42. The second kappa shape index (κ2) is 2.49. The van der Waals surface area contributed by atoms with Crippen molar-refractivity contribution in [3.8, 4) is 0 Å². The summed E-state index contributed by atoms with van der Waals surface area (Å²) in [6.45, 7) is 0. The Morgan fingerprint density at radius 3 is 1.89 bits per heavy atom. The van der Waals surface area contributed by atoms with Gasteiger partial charge in [0, 0.05) is 0 Å². The van der Waals surface area contributed by atoms with E-state index >= 15 is 0 Å². The van der Waals surface area contributed by atoms with Gasteiger partial charge >= 0.3 is 6.43 Å². The number of hydrogen-bond donors (Lipinski definition) is 0. The van der Waals surface area contributed by atoms with E-state index in [0.29, 0.717) is 0 Å². The first-order valence-corrected chi connectivity index (χ1v) is 2.54. The Bertz CT molecular complexity index is 170. The molecule has 0 atom stereocenters. The number of rotatable bonds is 1. The van der Waals surface area contributed by atoms with Crippen LogP contribution < -0.4 is 0 Å². The molecule has 0 saturated heterocycles. The van der Waals surface area contributed by atoms with E-state index < -0.39 is 6.43 Å². The van der Waals surface area contributed by atoms with Crippen molar-refractivity contribution in [1.82, 2.24) is 0 Å². The third-order valence-electron chi connectivity index (χ3n) is 0.992. The van der Waals surface area contributed by atoms with Crippen LogP contribution in [0.3, 0.4) is 0 Å². The quantitative estimate of drug-likeness (QED) is 0.508. The van der Waals surface area contributed by atoms with Crippen molar-refractivity contribution in [3.63, 3.8) is 0 Å². The van der Waals surface area contributed by atoms with Crippen LogP contribution in [-0.2, 0) is 0 Å². The largest absolute Gasteiger partial charge is 0.392 e. The van der Waals surface area contributed by atoms with E-state index in [4.69, 9.17) is 0 Å². The summed E-state index contributed by atoms with van der Waals surface area (Å²) in [5.41, 5.74) is -0.00231. The Morgan fingerprint density at radius 2 is 1.56 bits per heavy atom. The summed E-state index contributed by atoms with van der Waals surface area (Å²) >= 11 is 0. The molecule has 46 valence electrons. The summed E-state index contributed by atoms with van der Waals surface area (Å²) in [5, 5.41) is 0. The topological polar surface area (TPSA) is 0 Å². The van der Waals surface area contributed by atoms with Crippen LogP contribution in [0.15, 0.2) is 30.3 Å². The Balaban J connectivity index is 2.85. The first-order chi connectivity index (χ1) is 4.30. The molecule has 0 unspecified atom stereocenters. The summed E-state index contributed by atoms with van der Waals surface area (Å²) < 4.78 is 23.4. The van der Waals surface area contributed by atoms with Gasteiger partial charge in [-0.3, -0.25) is 0 Å². The van der Waals surface area contributed by atoms with Crippen molar-refractivity contribution in [2.45, 2.75) is 0 Å². The highest BCUT2D eigenvalue weighted by molar-refractivity contribution is 5.22. The molecule has 0 radical (unpaired) electrons. The minimum atomic E-state index is -1.63. The first-order valence-electron chi connectivity index (χ1n) is 2.54. The highest BCUT2D eigenvalue weighted by Gasteiger charge is 2.16. The van der Waals surface area contributed by atoms with Gasteiger partial charge in [-0.2, -0.15) is 0 Å². The third-order valence-corrected chi connectivity index (χ3v) is 0.992. The van der Waals surface area contributed by atoms with Gasteiger partial charge in [0.05, 0.1) is 12.1 Å². The van der Waals surface area contributed by atoms with Crippen LogP contribution in [0.5, 0.6) is 0 Å². The van der Waals surface area contributed by atoms with Crippen molar-refractivity contribution in [2.24, 2.45) is 0 Å². The molecule has 0 aliphatic heterocycles. The normalized spacial score (nSPS) is 9.11. The summed E-state index contributed by atoms with van der Waals surface area (Å²) in [6.07, 6.45) is -1.63. The maximum Gasteiger partial charge on any atom is 0.392 e. The minimum absolute atomic E-state index is 0.00231. The zero-order chi connectivity index (χ0) is 6.69. The van der Waals surface area contributed by atoms with Crippen molar-refractivity contribution >= 4 is 0 Å². The van der Waals surface area contributed by atoms with Crippen LogP contribution in [-0.4, -0.2) is 0 Å². The van der Waals surface area contributed by atoms with Crippen molar-refractivity contribution in [2.75, 3.05) is 0 Å². The average molecular weight is 127 g/mol. The molecule has 0 fully saturated rings. The second-order valence-corrected chi connectivity index (χ2v) is 1.63. The zero-order valence-electron chi connectivity index (χ0n) is 4.64. The van der Waals surface area contributed by atoms with Gasteiger partial charge in [-0.05, 0) is 18.2 Å². The van der Waals surface area contributed by atoms with Gasteiger partial charge in [-0.1, -0.05) is 8.78 Å². The summed E-state index contributed by atoms with van der Waals surface area (Å²) in [7, 11) is 0. The fourth-order valence-corrected chi connectivity index (χ4v) is 0.564. The molecular formula is C7H5F2+. The first kappa shape index (κ1) is 6.08. The van der Waals surface area contributed by atoms with E-state index in [1.165, 1.54) is 12.1 Å². The predicted molar refractivity (Wildman–Crippen MR) is 31.0 cm³/mol. The van der Waals surface area contributed by atoms with Crippen LogP contribution in [0.25, 0.3) is 0 Å². The molecule has 0 amide bonds. The molecule has 0 aliphatic carbocycles. The maximum atomic E-state index is 11.7. The molecular weight excluding hydrogens is 122 g/mol. The number of benzene rings is 1. The van der Waals surface area contributed by atoms with E-state index in [1.54, 1.807) is 18.2 Å². The Labute approximate surface area is 52.1 Å². The van der Waals surface area contributed by atoms with Crippen molar-refractivity contribution in [1.29, 1.82) is 0 Å². The molecule has 0 aliphatic rings. The molecule has 0 spiro atoms. The van der Waals surface area contributed by atoms with Gasteiger partial charge in [-0.25, -0.2) is 0 Å². The van der Waals surface area contributed by atoms with E-state index in [-0.39, 0.29) is 5.56 Å². The average Bonchev–Trinajstić information content (AvgIpc) is 1.90. The standard InChI is InChI=1S/C7H5F2/c8-7(9)6-4-2-1-3-5-6/h1-5H/q+1. The molecule has 0 nitrogen and oxygen atoms in total. The van der Waals surface area contributed by atoms with Gasteiger partial charge in [0.2, 0.25) is 5.56 Å².